The molecule has 0 spiro atoms. The molecule has 0 aliphatic heterocycles. The maximum atomic E-state index is 12.4. The van der Waals surface area contributed by atoms with Crippen LogP contribution in [0, 0.1) is 5.92 Å². The van der Waals surface area contributed by atoms with E-state index < -0.39 is 23.4 Å². The van der Waals surface area contributed by atoms with E-state index in [1.54, 1.807) is 0 Å². The summed E-state index contributed by atoms with van der Waals surface area (Å²) in [5.41, 5.74) is 8.91. The summed E-state index contributed by atoms with van der Waals surface area (Å²) < 4.78 is 5.51. The third kappa shape index (κ3) is 2.35. The molecular formula is C20H19NO4. The lowest BCUT2D eigenvalue weighted by Gasteiger charge is -2.41. The topological polar surface area (TPSA) is 89.6 Å². The SMILES string of the molecule is NC1(C(=O)O)CCC1C(=O)OCC1c2ccccc2-c2ccccc21. The van der Waals surface area contributed by atoms with Gasteiger partial charge in [0.25, 0.3) is 0 Å². The molecule has 128 valence electrons. The molecule has 2 aliphatic carbocycles. The maximum Gasteiger partial charge on any atom is 0.324 e. The number of hydrogen-bond acceptors (Lipinski definition) is 4. The second-order valence-corrected chi connectivity index (χ2v) is 6.79. The summed E-state index contributed by atoms with van der Waals surface area (Å²) in [6, 6.07) is 16.2. The monoisotopic (exact) mass is 337 g/mol. The predicted octanol–water partition coefficient (Wildman–Crippen LogP) is 2.53. The van der Waals surface area contributed by atoms with E-state index in [2.05, 4.69) is 12.1 Å². The van der Waals surface area contributed by atoms with Gasteiger partial charge in [-0.15, -0.1) is 0 Å². The summed E-state index contributed by atoms with van der Waals surface area (Å²) in [6.45, 7) is 0.194. The number of carboxylic acid groups (broad SMARTS) is 1. The van der Waals surface area contributed by atoms with Gasteiger partial charge in [-0.05, 0) is 35.1 Å². The van der Waals surface area contributed by atoms with E-state index in [9.17, 15) is 14.7 Å². The standard InChI is InChI=1S/C20H19NO4/c21-20(19(23)24)10-9-17(20)18(22)25-11-16-14-7-3-1-5-12(14)13-6-2-4-8-15(13)16/h1-8,16-17H,9-11,21H2,(H,23,24). The Morgan fingerprint density at radius 3 is 2.12 bits per heavy atom. The predicted molar refractivity (Wildman–Crippen MR) is 92.0 cm³/mol. The highest BCUT2D eigenvalue weighted by Gasteiger charge is 2.54. The molecule has 1 fully saturated rings. The van der Waals surface area contributed by atoms with E-state index in [1.807, 2.05) is 36.4 Å². The van der Waals surface area contributed by atoms with Crippen LogP contribution in [0.4, 0.5) is 0 Å². The van der Waals surface area contributed by atoms with Crippen LogP contribution < -0.4 is 5.73 Å². The molecule has 0 aromatic heterocycles. The molecule has 2 aromatic carbocycles. The smallest absolute Gasteiger partial charge is 0.324 e. The molecule has 25 heavy (non-hydrogen) atoms. The Balaban J connectivity index is 1.54. The van der Waals surface area contributed by atoms with E-state index >= 15 is 0 Å². The number of hydrogen-bond donors (Lipinski definition) is 2. The van der Waals surface area contributed by atoms with Gasteiger partial charge in [-0.2, -0.15) is 0 Å². The first-order valence-corrected chi connectivity index (χ1v) is 8.39. The highest BCUT2D eigenvalue weighted by Crippen LogP contribution is 2.45. The zero-order valence-electron chi connectivity index (χ0n) is 13.6. The van der Waals surface area contributed by atoms with Gasteiger partial charge >= 0.3 is 11.9 Å². The third-order valence-electron chi connectivity index (χ3n) is 5.51. The Morgan fingerprint density at radius 1 is 1.08 bits per heavy atom. The van der Waals surface area contributed by atoms with Crippen molar-refractivity contribution in [3.8, 4) is 11.1 Å². The van der Waals surface area contributed by atoms with Crippen molar-refractivity contribution >= 4 is 11.9 Å². The number of carbonyl (C=O) groups is 2. The first kappa shape index (κ1) is 15.8. The molecule has 2 aliphatic rings. The molecule has 0 saturated heterocycles. The molecule has 2 unspecified atom stereocenters. The molecule has 1 saturated carbocycles. The highest BCUT2D eigenvalue weighted by molar-refractivity contribution is 5.89. The fourth-order valence-corrected chi connectivity index (χ4v) is 3.89. The molecule has 0 heterocycles. The summed E-state index contributed by atoms with van der Waals surface area (Å²) >= 11 is 0. The van der Waals surface area contributed by atoms with Crippen LogP contribution >= 0.6 is 0 Å². The van der Waals surface area contributed by atoms with Crippen molar-refractivity contribution in [2.75, 3.05) is 6.61 Å². The zero-order chi connectivity index (χ0) is 17.6. The minimum atomic E-state index is -1.48. The van der Waals surface area contributed by atoms with Crippen molar-refractivity contribution in [2.45, 2.75) is 24.3 Å². The van der Waals surface area contributed by atoms with Crippen LogP contribution in [0.5, 0.6) is 0 Å². The molecule has 0 amide bonds. The van der Waals surface area contributed by atoms with E-state index in [0.717, 1.165) is 22.3 Å². The van der Waals surface area contributed by atoms with E-state index in [0.29, 0.717) is 12.8 Å². The molecule has 2 atom stereocenters. The van der Waals surface area contributed by atoms with E-state index in [4.69, 9.17) is 10.5 Å². The number of rotatable bonds is 4. The molecule has 3 N–H and O–H groups in total. The maximum absolute atomic E-state index is 12.4. The van der Waals surface area contributed by atoms with Crippen LogP contribution in [0.2, 0.25) is 0 Å². The highest BCUT2D eigenvalue weighted by atomic mass is 16.5. The fourth-order valence-electron chi connectivity index (χ4n) is 3.89. The Bertz CT molecular complexity index is 817. The molecule has 0 radical (unpaired) electrons. The average molecular weight is 337 g/mol. The van der Waals surface area contributed by atoms with Gasteiger partial charge in [0.05, 0.1) is 5.92 Å². The zero-order valence-corrected chi connectivity index (χ0v) is 13.6. The van der Waals surface area contributed by atoms with Crippen LogP contribution in [0.15, 0.2) is 48.5 Å². The number of benzene rings is 2. The summed E-state index contributed by atoms with van der Waals surface area (Å²) in [5, 5.41) is 9.22. The van der Waals surface area contributed by atoms with Crippen LogP contribution in [0.3, 0.4) is 0 Å². The van der Waals surface area contributed by atoms with Crippen LogP contribution in [-0.2, 0) is 14.3 Å². The molecule has 4 rings (SSSR count). The lowest BCUT2D eigenvalue weighted by Crippen LogP contribution is -2.63. The first-order chi connectivity index (χ1) is 12.0. The number of nitrogens with two attached hydrogens (primary N) is 1. The van der Waals surface area contributed by atoms with Crippen molar-refractivity contribution in [3.63, 3.8) is 0 Å². The largest absolute Gasteiger partial charge is 0.480 e. The summed E-state index contributed by atoms with van der Waals surface area (Å²) in [6.07, 6.45) is 0.761. The van der Waals surface area contributed by atoms with Crippen LogP contribution in [0.25, 0.3) is 11.1 Å². The Morgan fingerprint density at radius 2 is 1.64 bits per heavy atom. The van der Waals surface area contributed by atoms with Crippen molar-refractivity contribution in [2.24, 2.45) is 11.7 Å². The minimum Gasteiger partial charge on any atom is -0.480 e. The van der Waals surface area contributed by atoms with Gasteiger partial charge in [-0.1, -0.05) is 48.5 Å². The molecule has 5 nitrogen and oxygen atoms in total. The lowest BCUT2D eigenvalue weighted by molar-refractivity contribution is -0.166. The lowest BCUT2D eigenvalue weighted by atomic mass is 9.67. The van der Waals surface area contributed by atoms with Crippen molar-refractivity contribution in [3.05, 3.63) is 59.7 Å². The van der Waals surface area contributed by atoms with Crippen LogP contribution in [-0.4, -0.2) is 29.2 Å². The average Bonchev–Trinajstić information content (AvgIpc) is 2.92. The Labute approximate surface area is 145 Å². The van der Waals surface area contributed by atoms with Gasteiger partial charge in [-0.3, -0.25) is 9.59 Å². The minimum absolute atomic E-state index is 0.0339. The third-order valence-corrected chi connectivity index (χ3v) is 5.51. The first-order valence-electron chi connectivity index (χ1n) is 8.39. The molecule has 2 aromatic rings. The second kappa shape index (κ2) is 5.70. The quantitative estimate of drug-likeness (QED) is 0.837. The molecular weight excluding hydrogens is 318 g/mol. The number of aliphatic carboxylic acids is 1. The number of carboxylic acids is 1. The van der Waals surface area contributed by atoms with Gasteiger partial charge < -0.3 is 15.6 Å². The number of fused-ring (bicyclic) bond motifs is 3. The van der Waals surface area contributed by atoms with Crippen molar-refractivity contribution < 1.29 is 19.4 Å². The normalized spacial score (nSPS) is 24.1. The fraction of sp³-hybridized carbons (Fsp3) is 0.300. The van der Waals surface area contributed by atoms with Gasteiger partial charge in [0, 0.05) is 5.92 Å². The van der Waals surface area contributed by atoms with E-state index in [1.165, 1.54) is 0 Å². The summed E-state index contributed by atoms with van der Waals surface area (Å²) in [4.78, 5) is 23.6. The van der Waals surface area contributed by atoms with Gasteiger partial charge in [0.15, 0.2) is 0 Å². The molecule has 5 heteroatoms. The Hall–Kier alpha value is -2.66. The van der Waals surface area contributed by atoms with Gasteiger partial charge in [-0.25, -0.2) is 0 Å². The summed E-state index contributed by atoms with van der Waals surface area (Å²) in [5.74, 6) is -2.46. The Kier molecular flexibility index (Phi) is 3.62. The van der Waals surface area contributed by atoms with Crippen molar-refractivity contribution in [1.82, 2.24) is 0 Å². The summed E-state index contributed by atoms with van der Waals surface area (Å²) in [7, 11) is 0. The van der Waals surface area contributed by atoms with Crippen molar-refractivity contribution in [1.29, 1.82) is 0 Å². The molecule has 0 bridgehead atoms. The van der Waals surface area contributed by atoms with E-state index in [-0.39, 0.29) is 12.5 Å². The van der Waals surface area contributed by atoms with Gasteiger partial charge in [0.2, 0.25) is 0 Å². The number of esters is 1. The second-order valence-electron chi connectivity index (χ2n) is 6.79. The van der Waals surface area contributed by atoms with Gasteiger partial charge in [0.1, 0.15) is 12.1 Å². The number of ether oxygens (including phenoxy) is 1. The van der Waals surface area contributed by atoms with Crippen LogP contribution in [0.1, 0.15) is 29.9 Å². The number of carbonyl (C=O) groups excluding carboxylic acids is 1.